The molecule has 0 aliphatic carbocycles. The molecule has 19 heavy (non-hydrogen) atoms. The fourth-order valence-electron chi connectivity index (χ4n) is 1.37. The summed E-state index contributed by atoms with van der Waals surface area (Å²) in [6.45, 7) is 3.80. The summed E-state index contributed by atoms with van der Waals surface area (Å²) >= 11 is 4.33. The highest BCUT2D eigenvalue weighted by atomic mass is 79.9. The first-order valence-electron chi connectivity index (χ1n) is 5.46. The number of nitrogens with zero attached hydrogens (tertiary/aromatic N) is 3. The summed E-state index contributed by atoms with van der Waals surface area (Å²) in [6, 6.07) is 0. The highest BCUT2D eigenvalue weighted by Gasteiger charge is 2.12. The van der Waals surface area contributed by atoms with Gasteiger partial charge in [-0.1, -0.05) is 11.8 Å². The van der Waals surface area contributed by atoms with Crippen LogP contribution in [0.15, 0.2) is 14.4 Å². The van der Waals surface area contributed by atoms with Gasteiger partial charge >= 0.3 is 5.97 Å². The summed E-state index contributed by atoms with van der Waals surface area (Å²) in [5.41, 5.74) is 0.302. The van der Waals surface area contributed by atoms with Crippen molar-refractivity contribution in [2.75, 3.05) is 12.4 Å². The molecule has 0 radical (unpaired) electrons. The van der Waals surface area contributed by atoms with Crippen LogP contribution in [0.25, 0.3) is 5.78 Å². The molecule has 0 aliphatic heterocycles. The number of aryl methyl sites for hydroxylation is 1. The number of carbonyl (C=O) groups excluding carboxylic acids is 1. The highest BCUT2D eigenvalue weighted by Crippen LogP contribution is 2.15. The van der Waals surface area contributed by atoms with Crippen molar-refractivity contribution in [3.63, 3.8) is 0 Å². The number of thioether (sulfide) groups is 1. The molecular weight excluding hydrogens is 336 g/mol. The van der Waals surface area contributed by atoms with Gasteiger partial charge in [-0.05, 0) is 29.8 Å². The third-order valence-corrected chi connectivity index (χ3v) is 3.97. The average Bonchev–Trinajstić information content (AvgIpc) is 2.77. The maximum atomic E-state index is 11.9. The van der Waals surface area contributed by atoms with E-state index in [1.807, 2.05) is 0 Å². The number of halogens is 1. The number of carbonyl (C=O) groups is 1. The lowest BCUT2D eigenvalue weighted by molar-refractivity contribution is -0.139. The highest BCUT2D eigenvalue weighted by molar-refractivity contribution is 9.10. The number of H-pyrrole nitrogens is 1. The summed E-state index contributed by atoms with van der Waals surface area (Å²) in [5.74, 6) is 0.0745. The molecule has 1 N–H and O–H groups in total. The van der Waals surface area contributed by atoms with Crippen LogP contribution < -0.4 is 5.56 Å². The van der Waals surface area contributed by atoms with Crippen LogP contribution in [0.3, 0.4) is 0 Å². The Bertz CT molecular complexity index is 681. The molecule has 2 heterocycles. The van der Waals surface area contributed by atoms with Gasteiger partial charge in [-0.25, -0.2) is 4.98 Å². The number of rotatable bonds is 4. The van der Waals surface area contributed by atoms with Gasteiger partial charge in [0.25, 0.3) is 11.3 Å². The van der Waals surface area contributed by atoms with Gasteiger partial charge in [-0.2, -0.15) is 9.50 Å². The van der Waals surface area contributed by atoms with E-state index in [-0.39, 0.29) is 23.1 Å². The van der Waals surface area contributed by atoms with E-state index in [9.17, 15) is 9.59 Å². The van der Waals surface area contributed by atoms with Gasteiger partial charge in [0.05, 0.1) is 18.1 Å². The zero-order chi connectivity index (χ0) is 14.0. The summed E-state index contributed by atoms with van der Waals surface area (Å²) < 4.78 is 6.42. The monoisotopic (exact) mass is 346 g/mol. The lowest BCUT2D eigenvalue weighted by Gasteiger charge is -1.98. The van der Waals surface area contributed by atoms with Gasteiger partial charge in [-0.3, -0.25) is 14.7 Å². The third-order valence-electron chi connectivity index (χ3n) is 2.22. The van der Waals surface area contributed by atoms with E-state index in [0.29, 0.717) is 21.9 Å². The second kappa shape index (κ2) is 5.74. The number of ether oxygens (including phenoxy) is 1. The molecule has 0 aromatic carbocycles. The zero-order valence-corrected chi connectivity index (χ0v) is 12.7. The number of fused-ring (bicyclic) bond motifs is 1. The fourth-order valence-corrected chi connectivity index (χ4v) is 2.28. The third kappa shape index (κ3) is 2.98. The molecule has 2 aromatic heterocycles. The van der Waals surface area contributed by atoms with Gasteiger partial charge < -0.3 is 4.74 Å². The molecule has 9 heteroatoms. The molecule has 102 valence electrons. The summed E-state index contributed by atoms with van der Waals surface area (Å²) in [7, 11) is 0. The van der Waals surface area contributed by atoms with Crippen LogP contribution >= 0.6 is 27.7 Å². The van der Waals surface area contributed by atoms with E-state index in [4.69, 9.17) is 4.74 Å². The van der Waals surface area contributed by atoms with Crippen LogP contribution in [0, 0.1) is 6.92 Å². The Kier molecular flexibility index (Phi) is 4.25. The Hall–Kier alpha value is -1.35. The van der Waals surface area contributed by atoms with Crippen LogP contribution in [0.2, 0.25) is 0 Å². The lowest BCUT2D eigenvalue weighted by Crippen LogP contribution is -2.17. The first kappa shape index (κ1) is 14.1. The molecule has 0 spiro atoms. The predicted molar refractivity (Wildman–Crippen MR) is 73.4 cm³/mol. The number of aromatic nitrogens is 4. The molecule has 0 unspecified atom stereocenters. The van der Waals surface area contributed by atoms with Crippen molar-refractivity contribution < 1.29 is 9.53 Å². The molecule has 0 aliphatic rings. The Morgan fingerprint density at radius 3 is 2.95 bits per heavy atom. The molecule has 0 atom stereocenters. The van der Waals surface area contributed by atoms with E-state index in [1.165, 1.54) is 4.52 Å². The van der Waals surface area contributed by atoms with Gasteiger partial charge in [0.1, 0.15) is 4.47 Å². The predicted octanol–water partition coefficient (Wildman–Crippen LogP) is 1.14. The van der Waals surface area contributed by atoms with Gasteiger partial charge in [0.15, 0.2) is 5.16 Å². The first-order valence-corrected chi connectivity index (χ1v) is 7.24. The summed E-state index contributed by atoms with van der Waals surface area (Å²) in [4.78, 5) is 31.4. The van der Waals surface area contributed by atoms with Gasteiger partial charge in [-0.15, -0.1) is 0 Å². The van der Waals surface area contributed by atoms with Crippen molar-refractivity contribution >= 4 is 39.4 Å². The second-order valence-electron chi connectivity index (χ2n) is 3.57. The molecule has 0 saturated carbocycles. The lowest BCUT2D eigenvalue weighted by atomic mass is 10.4. The van der Waals surface area contributed by atoms with Crippen LogP contribution in [-0.2, 0) is 9.53 Å². The Morgan fingerprint density at radius 1 is 1.53 bits per heavy atom. The maximum absolute atomic E-state index is 11.9. The van der Waals surface area contributed by atoms with Crippen LogP contribution in [-0.4, -0.2) is 37.9 Å². The standard InChI is InChI=1S/C10H11BrN4O3S/c1-3-18-6(16)4-19-10-13-9-12-5(2)7(11)8(17)15(9)14-10/h3-4H2,1-2H3,(H,12,13,14). The fraction of sp³-hybridized carbons (Fsp3) is 0.400. The minimum Gasteiger partial charge on any atom is -0.465 e. The Morgan fingerprint density at radius 2 is 2.26 bits per heavy atom. The van der Waals surface area contributed by atoms with E-state index in [1.54, 1.807) is 13.8 Å². The molecule has 2 aromatic rings. The normalized spacial score (nSPS) is 10.9. The molecular formula is C10H11BrN4O3S. The first-order chi connectivity index (χ1) is 9.02. The molecule has 0 amide bonds. The quantitative estimate of drug-likeness (QED) is 0.659. The van der Waals surface area contributed by atoms with E-state index >= 15 is 0 Å². The minimum atomic E-state index is -0.328. The molecule has 7 nitrogen and oxygen atoms in total. The topological polar surface area (TPSA) is 89.3 Å². The number of aromatic amines is 1. The number of hydrogen-bond acceptors (Lipinski definition) is 6. The smallest absolute Gasteiger partial charge is 0.316 e. The van der Waals surface area contributed by atoms with Crippen molar-refractivity contribution in [3.8, 4) is 0 Å². The average molecular weight is 347 g/mol. The van der Waals surface area contributed by atoms with Gasteiger partial charge in [0.2, 0.25) is 0 Å². The number of esters is 1. The van der Waals surface area contributed by atoms with Gasteiger partial charge in [0, 0.05) is 0 Å². The second-order valence-corrected chi connectivity index (χ2v) is 5.33. The number of hydrogen-bond donors (Lipinski definition) is 1. The Labute approximate surface area is 120 Å². The number of nitrogens with one attached hydrogen (secondary N) is 1. The zero-order valence-electron chi connectivity index (χ0n) is 10.3. The van der Waals surface area contributed by atoms with Crippen molar-refractivity contribution in [2.45, 2.75) is 19.0 Å². The van der Waals surface area contributed by atoms with E-state index < -0.39 is 0 Å². The van der Waals surface area contributed by atoms with Crippen molar-refractivity contribution in [1.29, 1.82) is 0 Å². The van der Waals surface area contributed by atoms with Crippen LogP contribution in [0.5, 0.6) is 0 Å². The largest absolute Gasteiger partial charge is 0.465 e. The molecule has 0 bridgehead atoms. The van der Waals surface area contributed by atoms with E-state index in [2.05, 4.69) is 31.0 Å². The molecule has 0 saturated heterocycles. The van der Waals surface area contributed by atoms with E-state index in [0.717, 1.165) is 11.8 Å². The maximum Gasteiger partial charge on any atom is 0.316 e. The Balaban J connectivity index is 2.25. The molecule has 2 rings (SSSR count). The minimum absolute atomic E-state index is 0.128. The van der Waals surface area contributed by atoms with Crippen molar-refractivity contribution in [3.05, 3.63) is 20.5 Å². The SMILES string of the molecule is CCOC(=O)CSc1nc2nc(C)c(Br)c(=O)n2[nH]1. The summed E-state index contributed by atoms with van der Waals surface area (Å²) in [6.07, 6.45) is 0. The van der Waals surface area contributed by atoms with Crippen LogP contribution in [0.1, 0.15) is 12.6 Å². The van der Waals surface area contributed by atoms with Crippen molar-refractivity contribution in [2.24, 2.45) is 0 Å². The molecule has 0 fully saturated rings. The summed E-state index contributed by atoms with van der Waals surface area (Å²) in [5, 5.41) is 3.23. The van der Waals surface area contributed by atoms with Crippen molar-refractivity contribution in [1.82, 2.24) is 19.6 Å². The van der Waals surface area contributed by atoms with Crippen LogP contribution in [0.4, 0.5) is 0 Å².